The van der Waals surface area contributed by atoms with E-state index < -0.39 is 0 Å². The molecule has 62 heavy (non-hydrogen) atoms. The van der Waals surface area contributed by atoms with Gasteiger partial charge in [0.05, 0.1) is 16.5 Å². The van der Waals surface area contributed by atoms with Crippen LogP contribution in [0, 0.1) is 0 Å². The zero-order chi connectivity index (χ0) is 42.8. The molecule has 0 bridgehead atoms. The third-order valence-corrected chi connectivity index (χ3v) is 14.8. The van der Waals surface area contributed by atoms with Gasteiger partial charge in [0.25, 0.3) is 0 Å². The first-order chi connectivity index (χ1) is 29.7. The molecule has 0 radical (unpaired) electrons. The molecule has 0 fully saturated rings. The van der Waals surface area contributed by atoms with Crippen molar-refractivity contribution in [3.8, 4) is 0 Å². The van der Waals surface area contributed by atoms with Crippen molar-refractivity contribution in [3.63, 3.8) is 0 Å². The molecule has 332 valence electrons. The second kappa shape index (κ2) is 22.7. The Labute approximate surface area is 398 Å². The van der Waals surface area contributed by atoms with Crippen LogP contribution in [0.2, 0.25) is 0 Å². The van der Waals surface area contributed by atoms with E-state index in [9.17, 15) is 0 Å². The Hall–Kier alpha value is -3.15. The number of unbranched alkanes of at least 4 members (excludes halogenated alkanes) is 14. The van der Waals surface area contributed by atoms with Gasteiger partial charge in [-0.05, 0) is 85.6 Å². The van der Waals surface area contributed by atoms with Crippen molar-refractivity contribution in [1.82, 2.24) is 0 Å². The minimum Gasteiger partial charge on any atom is -1.00 e. The number of benzene rings is 4. The maximum absolute atomic E-state index is 7.49. The molecule has 0 N–H and O–H groups in total. The Balaban J connectivity index is 0.00000641. The molecule has 7 rings (SSSR count). The van der Waals surface area contributed by atoms with Gasteiger partial charge in [0, 0.05) is 46.1 Å². The van der Waals surface area contributed by atoms with Crippen LogP contribution >= 0.6 is 11.6 Å². The Kier molecular flexibility index (Phi) is 17.7. The number of anilines is 1. The molecule has 0 saturated carbocycles. The van der Waals surface area contributed by atoms with Crippen molar-refractivity contribution < 1.29 is 28.6 Å². The summed E-state index contributed by atoms with van der Waals surface area (Å²) < 4.78 is 2.67. The number of rotatable bonds is 21. The molecule has 4 aromatic carbocycles. The van der Waals surface area contributed by atoms with Gasteiger partial charge in [-0.3, -0.25) is 0 Å². The van der Waals surface area contributed by atoms with Gasteiger partial charge < -0.3 is 28.9 Å². The Morgan fingerprint density at radius 3 is 1.82 bits per heavy atom. The molecule has 4 heteroatoms. The zero-order valence-electron chi connectivity index (χ0n) is 39.2. The van der Waals surface area contributed by atoms with Crippen molar-refractivity contribution in [1.29, 1.82) is 0 Å². The molecule has 2 nitrogen and oxygen atoms in total. The number of allylic oxidation sites excluding steroid dienone is 8. The van der Waals surface area contributed by atoms with Gasteiger partial charge in [0.1, 0.15) is 6.54 Å². The Morgan fingerprint density at radius 1 is 0.597 bits per heavy atom. The average Bonchev–Trinajstić information content (AvgIpc) is 3.62. The zero-order valence-corrected chi connectivity index (χ0v) is 42.2. The molecule has 4 aromatic rings. The van der Waals surface area contributed by atoms with E-state index in [1.807, 2.05) is 0 Å². The van der Waals surface area contributed by atoms with E-state index in [1.165, 1.54) is 169 Å². The topological polar surface area (TPSA) is 6.25 Å². The van der Waals surface area contributed by atoms with Gasteiger partial charge in [0.15, 0.2) is 5.71 Å². The summed E-state index contributed by atoms with van der Waals surface area (Å²) in [6.07, 6.45) is 34.0. The minimum atomic E-state index is -0.105. The second-order valence-corrected chi connectivity index (χ2v) is 19.9. The molecule has 0 aromatic heterocycles. The molecule has 3 aliphatic rings. The normalized spacial score (nSPS) is 18.2. The summed E-state index contributed by atoms with van der Waals surface area (Å²) in [5.41, 5.74) is 10.8. The first-order valence-electron chi connectivity index (χ1n) is 24.6. The lowest BCUT2D eigenvalue weighted by molar-refractivity contribution is -0.436. The highest BCUT2D eigenvalue weighted by Crippen LogP contribution is 2.51. The van der Waals surface area contributed by atoms with Crippen LogP contribution in [0.1, 0.15) is 175 Å². The van der Waals surface area contributed by atoms with Crippen LogP contribution in [-0.4, -0.2) is 23.4 Å². The predicted molar refractivity (Wildman–Crippen MR) is 268 cm³/mol. The smallest absolute Gasteiger partial charge is 0.217 e. The molecule has 1 aliphatic carbocycles. The summed E-state index contributed by atoms with van der Waals surface area (Å²) in [4.78, 5) is 2.67. The number of hydrogen-bond acceptors (Lipinski definition) is 1. The fraction of sp³-hybridized carbons (Fsp3) is 0.500. The predicted octanol–water partition coefficient (Wildman–Crippen LogP) is 14.5. The molecular weight excluding hydrogens is 887 g/mol. The van der Waals surface area contributed by atoms with Crippen molar-refractivity contribution in [2.24, 2.45) is 0 Å². The lowest BCUT2D eigenvalue weighted by Crippen LogP contribution is -3.00. The first-order valence-corrected chi connectivity index (χ1v) is 25.0. The van der Waals surface area contributed by atoms with E-state index in [0.717, 1.165) is 37.4 Å². The largest absolute Gasteiger partial charge is 1.00 e. The molecule has 0 saturated heterocycles. The van der Waals surface area contributed by atoms with Crippen LogP contribution in [0.15, 0.2) is 119 Å². The second-order valence-electron chi connectivity index (χ2n) is 19.5. The van der Waals surface area contributed by atoms with E-state index in [2.05, 4.69) is 148 Å². The molecule has 0 amide bonds. The van der Waals surface area contributed by atoms with E-state index >= 15 is 0 Å². The molecule has 0 unspecified atom stereocenters. The number of nitrogens with zero attached hydrogens (tertiary/aromatic N) is 2. The average molecular weight is 964 g/mol. The van der Waals surface area contributed by atoms with Gasteiger partial charge >= 0.3 is 0 Å². The molecule has 0 atom stereocenters. The summed E-state index contributed by atoms with van der Waals surface area (Å²) >= 11 is 7.49. The summed E-state index contributed by atoms with van der Waals surface area (Å²) in [7, 11) is 0. The van der Waals surface area contributed by atoms with Crippen LogP contribution in [0.3, 0.4) is 0 Å². The first kappa shape index (κ1) is 48.3. The van der Waals surface area contributed by atoms with Crippen LogP contribution in [-0.2, 0) is 10.8 Å². The molecule has 0 spiro atoms. The lowest BCUT2D eigenvalue weighted by atomic mass is 9.80. The molecule has 2 heterocycles. The van der Waals surface area contributed by atoms with Crippen LogP contribution in [0.5, 0.6) is 0 Å². The standard InChI is InChI=1S/C58H76ClN2.HI/c1-7-9-11-13-15-17-19-25-42-60-52(57(3,4)50-38-34-44-28-21-23-32-48(44)55(50)60)40-36-46-30-27-31-47(54(46)59)37-41-53-58(5,6)51-39-35-45-29-22-24-33-49(45)56(51)61(53)43-26-20-18-16-14-12-10-8-2;/h21-24,28-29,32-41H,7-20,25-27,30-31,42-43H2,1-6H3;1H/q+1;/p-1. The monoisotopic (exact) mass is 962 g/mol. The fourth-order valence-corrected chi connectivity index (χ4v) is 11.0. The van der Waals surface area contributed by atoms with Gasteiger partial charge in [-0.15, -0.1) is 0 Å². The third-order valence-electron chi connectivity index (χ3n) is 14.4. The van der Waals surface area contributed by atoms with Crippen molar-refractivity contribution in [2.75, 3.05) is 18.0 Å². The third kappa shape index (κ3) is 10.7. The highest BCUT2D eigenvalue weighted by atomic mass is 127. The number of fused-ring (bicyclic) bond motifs is 6. The van der Waals surface area contributed by atoms with Crippen LogP contribution in [0.4, 0.5) is 11.4 Å². The summed E-state index contributed by atoms with van der Waals surface area (Å²) in [6.45, 7) is 16.4. The fourth-order valence-electron chi connectivity index (χ4n) is 10.7. The Bertz CT molecular complexity index is 2300. The van der Waals surface area contributed by atoms with Crippen LogP contribution < -0.4 is 28.9 Å². The van der Waals surface area contributed by atoms with E-state index in [4.69, 9.17) is 11.6 Å². The van der Waals surface area contributed by atoms with E-state index in [-0.39, 0.29) is 34.8 Å². The number of halogens is 2. The minimum absolute atomic E-state index is 0. The summed E-state index contributed by atoms with van der Waals surface area (Å²) in [5, 5.41) is 6.32. The highest BCUT2D eigenvalue weighted by Gasteiger charge is 2.45. The molecular formula is C58H76ClIN2. The number of hydrogen-bond donors (Lipinski definition) is 0. The molecule has 2 aliphatic heterocycles. The van der Waals surface area contributed by atoms with Crippen LogP contribution in [0.25, 0.3) is 21.5 Å². The summed E-state index contributed by atoms with van der Waals surface area (Å²) in [6, 6.07) is 27.4. The van der Waals surface area contributed by atoms with Gasteiger partial charge in [-0.25, -0.2) is 0 Å². The van der Waals surface area contributed by atoms with Crippen molar-refractivity contribution in [2.45, 2.75) is 174 Å². The van der Waals surface area contributed by atoms with Gasteiger partial charge in [-0.1, -0.05) is 202 Å². The highest BCUT2D eigenvalue weighted by molar-refractivity contribution is 6.32. The van der Waals surface area contributed by atoms with E-state index in [0.29, 0.717) is 0 Å². The van der Waals surface area contributed by atoms with Gasteiger partial charge in [0.2, 0.25) is 5.69 Å². The summed E-state index contributed by atoms with van der Waals surface area (Å²) in [5.74, 6) is 0. The lowest BCUT2D eigenvalue weighted by Gasteiger charge is -2.27. The van der Waals surface area contributed by atoms with Crippen molar-refractivity contribution in [3.05, 3.63) is 130 Å². The maximum Gasteiger partial charge on any atom is 0.217 e. The quantitative estimate of drug-likeness (QED) is 0.0458. The van der Waals surface area contributed by atoms with Crippen molar-refractivity contribution >= 4 is 50.2 Å². The maximum atomic E-state index is 7.49. The SMILES string of the molecule is CCCCCCCCCCN1C(=CC=C2CCCC(C=CC3=[N+](CCCCCCCCCC)c4c(ccc5ccccc45)C3(C)C)=C2Cl)C(C)(C)c2ccc3ccccc3c21.[I-]. The Morgan fingerprint density at radius 2 is 1.16 bits per heavy atom. The van der Waals surface area contributed by atoms with E-state index in [1.54, 1.807) is 0 Å². The van der Waals surface area contributed by atoms with Gasteiger partial charge in [-0.2, -0.15) is 4.58 Å².